The highest BCUT2D eigenvalue weighted by atomic mass is 19.1. The van der Waals surface area contributed by atoms with Gasteiger partial charge in [0.05, 0.1) is 23.4 Å². The lowest BCUT2D eigenvalue weighted by Gasteiger charge is -2.21. The maximum atomic E-state index is 14.1. The number of aromatic nitrogens is 2. The van der Waals surface area contributed by atoms with Crippen LogP contribution in [0.2, 0.25) is 0 Å². The SMILES string of the molecule is CN/N=C1/Cc2onc(C#N)c2-c2cnc(N)c(c2)OC(C)c2cc(F)ccc2C1=N. The van der Waals surface area contributed by atoms with Crippen molar-refractivity contribution >= 4 is 17.2 Å². The van der Waals surface area contributed by atoms with Crippen LogP contribution >= 0.6 is 0 Å². The molecular formula is C21H18FN7O2. The lowest BCUT2D eigenvalue weighted by Crippen LogP contribution is -2.23. The second-order valence-electron chi connectivity index (χ2n) is 6.87. The average molecular weight is 419 g/mol. The number of ether oxygens (including phenoxy) is 1. The number of fused-ring (bicyclic) bond motifs is 5. The van der Waals surface area contributed by atoms with Crippen LogP contribution < -0.4 is 15.9 Å². The van der Waals surface area contributed by atoms with Gasteiger partial charge in [-0.25, -0.2) is 9.37 Å². The van der Waals surface area contributed by atoms with Crippen LogP contribution in [0.25, 0.3) is 11.1 Å². The van der Waals surface area contributed by atoms with Crippen LogP contribution in [0, 0.1) is 22.6 Å². The number of nitrogens with one attached hydrogen (secondary N) is 2. The number of nitrogens with zero attached hydrogens (tertiary/aromatic N) is 4. The van der Waals surface area contributed by atoms with Crippen molar-refractivity contribution in [3.63, 3.8) is 0 Å². The largest absolute Gasteiger partial charge is 0.482 e. The molecule has 10 heteroatoms. The van der Waals surface area contributed by atoms with Crippen LogP contribution in [0.15, 0.2) is 40.1 Å². The third-order valence-electron chi connectivity index (χ3n) is 4.93. The van der Waals surface area contributed by atoms with Gasteiger partial charge in [-0.15, -0.1) is 0 Å². The van der Waals surface area contributed by atoms with E-state index in [0.29, 0.717) is 33.7 Å². The van der Waals surface area contributed by atoms with Crippen molar-refractivity contribution in [2.75, 3.05) is 12.8 Å². The Kier molecular flexibility index (Phi) is 5.09. The van der Waals surface area contributed by atoms with Gasteiger partial charge in [0.25, 0.3) is 0 Å². The molecule has 2 bridgehead atoms. The average Bonchev–Trinajstić information content (AvgIpc) is 3.16. The molecule has 0 saturated carbocycles. The molecule has 31 heavy (non-hydrogen) atoms. The van der Waals surface area contributed by atoms with Crippen molar-refractivity contribution in [2.45, 2.75) is 19.4 Å². The van der Waals surface area contributed by atoms with Gasteiger partial charge in [-0.3, -0.25) is 5.41 Å². The monoisotopic (exact) mass is 419 g/mol. The molecule has 3 aromatic rings. The molecule has 3 heterocycles. The van der Waals surface area contributed by atoms with E-state index >= 15 is 0 Å². The van der Waals surface area contributed by atoms with Crippen molar-refractivity contribution in [1.29, 1.82) is 10.7 Å². The van der Waals surface area contributed by atoms with E-state index in [2.05, 4.69) is 20.7 Å². The number of halogens is 1. The molecular weight excluding hydrogens is 401 g/mol. The number of nitriles is 1. The molecule has 2 aromatic heterocycles. The van der Waals surface area contributed by atoms with Crippen LogP contribution in [-0.4, -0.2) is 28.6 Å². The summed E-state index contributed by atoms with van der Waals surface area (Å²) in [6, 6.07) is 7.73. The quantitative estimate of drug-likeness (QED) is 0.514. The van der Waals surface area contributed by atoms with E-state index in [-0.39, 0.29) is 29.4 Å². The minimum Gasteiger partial charge on any atom is -0.482 e. The summed E-state index contributed by atoms with van der Waals surface area (Å²) in [6.45, 7) is 1.73. The van der Waals surface area contributed by atoms with E-state index in [1.54, 1.807) is 20.0 Å². The molecule has 1 unspecified atom stereocenters. The highest BCUT2D eigenvalue weighted by Gasteiger charge is 2.26. The van der Waals surface area contributed by atoms with Gasteiger partial charge in [0.15, 0.2) is 23.0 Å². The number of hydrogen-bond acceptors (Lipinski definition) is 9. The van der Waals surface area contributed by atoms with Crippen molar-refractivity contribution in [3.05, 3.63) is 58.9 Å². The first-order valence-corrected chi connectivity index (χ1v) is 9.36. The van der Waals surface area contributed by atoms with Crippen LogP contribution in [0.1, 0.15) is 35.6 Å². The molecule has 1 aliphatic rings. The number of nitrogens with two attached hydrogens (primary N) is 1. The first-order chi connectivity index (χ1) is 14.9. The second-order valence-corrected chi connectivity index (χ2v) is 6.87. The highest BCUT2D eigenvalue weighted by Crippen LogP contribution is 2.35. The lowest BCUT2D eigenvalue weighted by molar-refractivity contribution is 0.227. The van der Waals surface area contributed by atoms with Gasteiger partial charge >= 0.3 is 0 Å². The summed E-state index contributed by atoms with van der Waals surface area (Å²) < 4.78 is 25.5. The predicted molar refractivity (Wildman–Crippen MR) is 111 cm³/mol. The van der Waals surface area contributed by atoms with Crippen LogP contribution in [0.4, 0.5) is 10.2 Å². The topological polar surface area (TPSA) is 146 Å². The Hall–Kier alpha value is -4.26. The Morgan fingerprint density at radius 1 is 1.39 bits per heavy atom. The fourth-order valence-corrected chi connectivity index (χ4v) is 3.48. The summed E-state index contributed by atoms with van der Waals surface area (Å²) in [7, 11) is 1.60. The Balaban J connectivity index is 2.00. The fourth-order valence-electron chi connectivity index (χ4n) is 3.48. The smallest absolute Gasteiger partial charge is 0.191 e. The molecule has 9 nitrogen and oxygen atoms in total. The molecule has 0 aliphatic carbocycles. The minimum atomic E-state index is -0.655. The van der Waals surface area contributed by atoms with Gasteiger partial charge in [0, 0.05) is 29.9 Å². The Morgan fingerprint density at radius 2 is 2.19 bits per heavy atom. The van der Waals surface area contributed by atoms with E-state index in [4.69, 9.17) is 20.4 Å². The van der Waals surface area contributed by atoms with Gasteiger partial charge in [0.2, 0.25) is 0 Å². The molecule has 0 spiro atoms. The number of benzene rings is 1. The second kappa shape index (κ2) is 7.87. The van der Waals surface area contributed by atoms with Crippen LogP contribution in [-0.2, 0) is 6.42 Å². The highest BCUT2D eigenvalue weighted by molar-refractivity contribution is 6.47. The predicted octanol–water partition coefficient (Wildman–Crippen LogP) is 2.97. The summed E-state index contributed by atoms with van der Waals surface area (Å²) in [5, 5.41) is 26.3. The van der Waals surface area contributed by atoms with Gasteiger partial charge in [0.1, 0.15) is 18.0 Å². The zero-order valence-electron chi connectivity index (χ0n) is 16.7. The Morgan fingerprint density at radius 3 is 2.94 bits per heavy atom. The molecule has 0 saturated heterocycles. The zero-order chi connectivity index (χ0) is 22.1. The summed E-state index contributed by atoms with van der Waals surface area (Å²) in [5.74, 6) is 0.254. The summed E-state index contributed by atoms with van der Waals surface area (Å²) in [6.07, 6.45) is 0.900. The van der Waals surface area contributed by atoms with E-state index in [1.165, 1.54) is 24.4 Å². The van der Waals surface area contributed by atoms with Crippen molar-refractivity contribution in [3.8, 4) is 22.9 Å². The van der Waals surface area contributed by atoms with Gasteiger partial charge in [-0.05, 0) is 31.2 Å². The molecule has 4 N–H and O–H groups in total. The summed E-state index contributed by atoms with van der Waals surface area (Å²) in [5.41, 5.74) is 10.9. The van der Waals surface area contributed by atoms with E-state index < -0.39 is 11.9 Å². The molecule has 156 valence electrons. The van der Waals surface area contributed by atoms with Crippen molar-refractivity contribution < 1.29 is 13.7 Å². The molecule has 0 fully saturated rings. The number of rotatable bonds is 1. The van der Waals surface area contributed by atoms with Crippen molar-refractivity contribution in [1.82, 2.24) is 15.6 Å². The third kappa shape index (κ3) is 3.57. The molecule has 4 rings (SSSR count). The zero-order valence-corrected chi connectivity index (χ0v) is 16.7. The number of hydrazone groups is 1. The van der Waals surface area contributed by atoms with Gasteiger partial charge in [-0.2, -0.15) is 10.4 Å². The van der Waals surface area contributed by atoms with E-state index in [1.807, 2.05) is 6.07 Å². The fraction of sp³-hybridized carbons (Fsp3) is 0.190. The van der Waals surface area contributed by atoms with E-state index in [9.17, 15) is 9.65 Å². The number of nitrogen functional groups attached to an aromatic ring is 1. The van der Waals surface area contributed by atoms with Crippen LogP contribution in [0.5, 0.6) is 5.75 Å². The third-order valence-corrected chi connectivity index (χ3v) is 4.93. The Labute approximate surface area is 176 Å². The minimum absolute atomic E-state index is 0.0518. The first kappa shape index (κ1) is 20.0. The van der Waals surface area contributed by atoms with E-state index in [0.717, 1.165) is 0 Å². The molecule has 1 aliphatic heterocycles. The number of pyridine rings is 1. The first-order valence-electron chi connectivity index (χ1n) is 9.36. The normalized spacial score (nSPS) is 16.9. The standard InChI is InChI=1S/C21H18FN7O2/c1-10-14-6-12(22)3-4-13(14)20(24)15(28-26-2)7-17-19(16(8-23)29-31-17)11-5-18(30-10)21(25)27-9-11/h3-6,9-10,24,26H,7H2,1-2H3,(H2,25,27)/b24-20?,28-15-. The molecule has 1 atom stereocenters. The van der Waals surface area contributed by atoms with Gasteiger partial charge in [-0.1, -0.05) is 5.16 Å². The number of hydrogen-bond donors (Lipinski definition) is 3. The maximum absolute atomic E-state index is 14.1. The van der Waals surface area contributed by atoms with Crippen molar-refractivity contribution in [2.24, 2.45) is 5.10 Å². The number of anilines is 1. The lowest BCUT2D eigenvalue weighted by atomic mass is 9.93. The Bertz CT molecular complexity index is 1260. The van der Waals surface area contributed by atoms with Crippen LogP contribution in [0.3, 0.4) is 0 Å². The summed E-state index contributed by atoms with van der Waals surface area (Å²) in [4.78, 5) is 4.18. The molecule has 1 aromatic carbocycles. The molecule has 0 radical (unpaired) electrons. The maximum Gasteiger partial charge on any atom is 0.191 e. The summed E-state index contributed by atoms with van der Waals surface area (Å²) >= 11 is 0. The molecule has 0 amide bonds. The van der Waals surface area contributed by atoms with Gasteiger partial charge < -0.3 is 20.4 Å².